The molecule has 0 bridgehead atoms. The molecule has 0 fully saturated rings. The Morgan fingerprint density at radius 3 is 2.45 bits per heavy atom. The third-order valence-corrected chi connectivity index (χ3v) is 4.31. The van der Waals surface area contributed by atoms with Crippen molar-refractivity contribution >= 4 is 17.2 Å². The van der Waals surface area contributed by atoms with Crippen LogP contribution in [-0.4, -0.2) is 0 Å². The predicted molar refractivity (Wildman–Crippen MR) is 86.9 cm³/mol. The molecular weight excluding hydrogens is 264 g/mol. The molecule has 1 atom stereocenters. The molecule has 102 valence electrons. The Labute approximate surface area is 126 Å². The van der Waals surface area contributed by atoms with Crippen LogP contribution in [0.15, 0.2) is 60.7 Å². The Kier molecular flexibility index (Phi) is 4.22. The number of hydrogen-bond donors (Lipinski definition) is 0. The summed E-state index contributed by atoms with van der Waals surface area (Å²) in [5.41, 5.74) is 4.29. The highest BCUT2D eigenvalue weighted by Crippen LogP contribution is 2.32. The van der Waals surface area contributed by atoms with Gasteiger partial charge < -0.3 is 0 Å². The summed E-state index contributed by atoms with van der Waals surface area (Å²) in [5.74, 6) is 0.747. The second-order valence-electron chi connectivity index (χ2n) is 5.57. The van der Waals surface area contributed by atoms with Crippen LogP contribution in [0, 0.1) is 5.92 Å². The van der Waals surface area contributed by atoms with Crippen molar-refractivity contribution in [2.45, 2.75) is 25.7 Å². The minimum absolute atomic E-state index is 0.747. The molecule has 3 rings (SSSR count). The van der Waals surface area contributed by atoms with Gasteiger partial charge >= 0.3 is 0 Å². The highest BCUT2D eigenvalue weighted by molar-refractivity contribution is 6.30. The van der Waals surface area contributed by atoms with Gasteiger partial charge in [-0.25, -0.2) is 0 Å². The van der Waals surface area contributed by atoms with Crippen molar-refractivity contribution in [3.8, 4) is 0 Å². The van der Waals surface area contributed by atoms with Gasteiger partial charge in [-0.2, -0.15) is 0 Å². The Bertz CT molecular complexity index is 581. The molecule has 0 heterocycles. The molecule has 1 aliphatic carbocycles. The second kappa shape index (κ2) is 6.28. The van der Waals surface area contributed by atoms with Crippen LogP contribution in [0.25, 0.3) is 5.57 Å². The van der Waals surface area contributed by atoms with Gasteiger partial charge in [-0.15, -0.1) is 0 Å². The quantitative estimate of drug-likeness (QED) is 0.671. The summed E-state index contributed by atoms with van der Waals surface area (Å²) in [5, 5.41) is 0.822. The monoisotopic (exact) mass is 282 g/mol. The summed E-state index contributed by atoms with van der Waals surface area (Å²) >= 11 is 5.95. The molecule has 0 aromatic heterocycles. The van der Waals surface area contributed by atoms with E-state index in [2.05, 4.69) is 48.5 Å². The highest BCUT2D eigenvalue weighted by Gasteiger charge is 2.16. The second-order valence-corrected chi connectivity index (χ2v) is 6.01. The number of rotatable bonds is 3. The minimum atomic E-state index is 0.747. The van der Waals surface area contributed by atoms with Gasteiger partial charge in [0.2, 0.25) is 0 Å². The van der Waals surface area contributed by atoms with Crippen molar-refractivity contribution < 1.29 is 0 Å². The van der Waals surface area contributed by atoms with Crippen molar-refractivity contribution in [1.82, 2.24) is 0 Å². The molecule has 20 heavy (non-hydrogen) atoms. The molecule has 1 unspecified atom stereocenters. The van der Waals surface area contributed by atoms with Gasteiger partial charge in [-0.3, -0.25) is 0 Å². The van der Waals surface area contributed by atoms with Gasteiger partial charge in [0, 0.05) is 5.02 Å². The molecule has 2 aromatic carbocycles. The lowest BCUT2D eigenvalue weighted by Crippen LogP contribution is -2.09. The molecule has 0 N–H and O–H groups in total. The van der Waals surface area contributed by atoms with Crippen molar-refractivity contribution in [3.05, 3.63) is 76.8 Å². The largest absolute Gasteiger partial charge is 0.0843 e. The van der Waals surface area contributed by atoms with Crippen LogP contribution >= 0.6 is 11.6 Å². The number of benzene rings is 2. The van der Waals surface area contributed by atoms with E-state index in [-0.39, 0.29) is 0 Å². The molecule has 0 saturated heterocycles. The predicted octanol–water partition coefficient (Wildman–Crippen LogP) is 5.77. The normalized spacial score (nSPS) is 18.6. The number of allylic oxidation sites excluding steroid dienone is 2. The molecule has 0 aliphatic heterocycles. The van der Waals surface area contributed by atoms with Crippen molar-refractivity contribution in [3.63, 3.8) is 0 Å². The van der Waals surface area contributed by atoms with Crippen molar-refractivity contribution in [1.29, 1.82) is 0 Å². The number of hydrogen-bond acceptors (Lipinski definition) is 0. The lowest BCUT2D eigenvalue weighted by Gasteiger charge is -2.23. The van der Waals surface area contributed by atoms with E-state index in [1.165, 1.54) is 36.0 Å². The highest BCUT2D eigenvalue weighted by atomic mass is 35.5. The maximum atomic E-state index is 5.95. The molecule has 0 amide bonds. The molecule has 0 radical (unpaired) electrons. The summed E-state index contributed by atoms with van der Waals surface area (Å²) in [6, 6.07) is 19.1. The Morgan fingerprint density at radius 1 is 0.950 bits per heavy atom. The number of halogens is 1. The van der Waals surface area contributed by atoms with Gasteiger partial charge in [0.15, 0.2) is 0 Å². The molecular formula is C19H19Cl. The average molecular weight is 283 g/mol. The maximum absolute atomic E-state index is 5.95. The molecule has 0 saturated carbocycles. The van der Waals surface area contributed by atoms with Gasteiger partial charge in [0.1, 0.15) is 0 Å². The summed E-state index contributed by atoms with van der Waals surface area (Å²) in [6.45, 7) is 0. The first kappa shape index (κ1) is 13.5. The zero-order valence-corrected chi connectivity index (χ0v) is 12.3. The average Bonchev–Trinajstić information content (AvgIpc) is 2.51. The van der Waals surface area contributed by atoms with Crippen LogP contribution in [0.2, 0.25) is 5.02 Å². The molecule has 1 aliphatic rings. The van der Waals surface area contributed by atoms with Gasteiger partial charge in [0.25, 0.3) is 0 Å². The van der Waals surface area contributed by atoms with E-state index in [1.54, 1.807) is 0 Å². The fourth-order valence-corrected chi connectivity index (χ4v) is 3.13. The molecule has 1 heteroatoms. The van der Waals surface area contributed by atoms with E-state index in [9.17, 15) is 0 Å². The van der Waals surface area contributed by atoms with E-state index >= 15 is 0 Å². The Balaban J connectivity index is 1.68. The third-order valence-electron chi connectivity index (χ3n) is 4.06. The first-order chi connectivity index (χ1) is 9.81. The Morgan fingerprint density at radius 2 is 1.70 bits per heavy atom. The lowest BCUT2D eigenvalue weighted by atomic mass is 9.82. The molecule has 2 aromatic rings. The van der Waals surface area contributed by atoms with E-state index < -0.39 is 0 Å². The first-order valence-corrected chi connectivity index (χ1v) is 7.68. The summed E-state index contributed by atoms with van der Waals surface area (Å²) in [7, 11) is 0. The smallest absolute Gasteiger partial charge is 0.0406 e. The van der Waals surface area contributed by atoms with Crippen LogP contribution in [0.3, 0.4) is 0 Å². The third kappa shape index (κ3) is 3.32. The van der Waals surface area contributed by atoms with Crippen molar-refractivity contribution in [2.75, 3.05) is 0 Å². The van der Waals surface area contributed by atoms with Gasteiger partial charge in [-0.1, -0.05) is 60.1 Å². The summed E-state index contributed by atoms with van der Waals surface area (Å²) in [4.78, 5) is 0. The first-order valence-electron chi connectivity index (χ1n) is 7.30. The van der Waals surface area contributed by atoms with Gasteiger partial charge in [0.05, 0.1) is 0 Å². The molecule has 0 nitrogen and oxygen atoms in total. The fraction of sp³-hybridized carbons (Fsp3) is 0.263. The topological polar surface area (TPSA) is 0 Å². The molecule has 0 spiro atoms. The van der Waals surface area contributed by atoms with E-state index in [1.807, 2.05) is 12.1 Å². The maximum Gasteiger partial charge on any atom is 0.0406 e. The van der Waals surface area contributed by atoms with E-state index in [0.29, 0.717) is 0 Å². The van der Waals surface area contributed by atoms with E-state index in [0.717, 1.165) is 17.4 Å². The van der Waals surface area contributed by atoms with Crippen LogP contribution in [0.4, 0.5) is 0 Å². The van der Waals surface area contributed by atoms with Crippen LogP contribution in [0.5, 0.6) is 0 Å². The minimum Gasteiger partial charge on any atom is -0.0843 e. The summed E-state index contributed by atoms with van der Waals surface area (Å²) in [6.07, 6.45) is 7.24. The summed E-state index contributed by atoms with van der Waals surface area (Å²) < 4.78 is 0. The fourth-order valence-electron chi connectivity index (χ4n) is 3.01. The zero-order chi connectivity index (χ0) is 13.8. The Hall–Kier alpha value is -1.53. The lowest BCUT2D eigenvalue weighted by molar-refractivity contribution is 0.486. The van der Waals surface area contributed by atoms with Crippen LogP contribution in [-0.2, 0) is 6.42 Å². The van der Waals surface area contributed by atoms with Crippen molar-refractivity contribution in [2.24, 2.45) is 5.92 Å². The zero-order valence-electron chi connectivity index (χ0n) is 11.6. The van der Waals surface area contributed by atoms with Crippen LogP contribution in [0.1, 0.15) is 30.4 Å². The standard InChI is InChI=1S/C19H19Cl/c20-19-11-9-15(10-12-19)13-16-5-4-8-18(14-16)17-6-2-1-3-7-17/h1-3,6-12,16H,4-5,13-14H2. The SMILES string of the molecule is Clc1ccc(CC2CCC=C(c3ccccc3)C2)cc1. The van der Waals surface area contributed by atoms with Gasteiger partial charge in [-0.05, 0) is 60.4 Å². The van der Waals surface area contributed by atoms with E-state index in [4.69, 9.17) is 11.6 Å². The van der Waals surface area contributed by atoms with Crippen LogP contribution < -0.4 is 0 Å².